The fourth-order valence-electron chi connectivity index (χ4n) is 3.81. The van der Waals surface area contributed by atoms with Crippen LogP contribution in [-0.4, -0.2) is 33.5 Å². The Morgan fingerprint density at radius 3 is 2.00 bits per heavy atom. The summed E-state index contributed by atoms with van der Waals surface area (Å²) < 4.78 is 11.0. The van der Waals surface area contributed by atoms with Crippen molar-refractivity contribution in [2.45, 2.75) is 19.8 Å². The molecule has 170 valence electrons. The summed E-state index contributed by atoms with van der Waals surface area (Å²) in [6, 6.07) is 11.4. The van der Waals surface area contributed by atoms with E-state index < -0.39 is 11.9 Å². The van der Waals surface area contributed by atoms with Gasteiger partial charge in [0.1, 0.15) is 0 Å². The summed E-state index contributed by atoms with van der Waals surface area (Å²) in [5.74, 6) is -0.910. The predicted molar refractivity (Wildman–Crippen MR) is 123 cm³/mol. The Labute approximate surface area is 192 Å². The summed E-state index contributed by atoms with van der Waals surface area (Å²) in [5, 5.41) is 11.0. The molecule has 2 heterocycles. The average Bonchev–Trinajstić information content (AvgIpc) is 3.31. The van der Waals surface area contributed by atoms with Crippen LogP contribution >= 0.6 is 11.6 Å². The van der Waals surface area contributed by atoms with E-state index in [1.807, 2.05) is 0 Å². The normalized spacial score (nSPS) is 11.1. The molecule has 0 aliphatic carbocycles. The first-order valence-electron chi connectivity index (χ1n) is 10.0. The molecule has 4 rings (SSSR count). The monoisotopic (exact) mass is 468 g/mol. The van der Waals surface area contributed by atoms with E-state index in [9.17, 15) is 14.4 Å². The van der Waals surface area contributed by atoms with Gasteiger partial charge in [-0.3, -0.25) is 19.8 Å². The number of aromatic amines is 4. The van der Waals surface area contributed by atoms with E-state index in [2.05, 4.69) is 20.4 Å². The van der Waals surface area contributed by atoms with Gasteiger partial charge in [0, 0.05) is 17.3 Å². The number of benzene rings is 2. The summed E-state index contributed by atoms with van der Waals surface area (Å²) in [7, 11) is 1.43. The predicted octanol–water partition coefficient (Wildman–Crippen LogP) is 3.40. The van der Waals surface area contributed by atoms with Gasteiger partial charge in [-0.15, -0.1) is 0 Å². The molecular formula is C23H21ClN4O5. The van der Waals surface area contributed by atoms with Gasteiger partial charge in [0.25, 0.3) is 11.1 Å². The Bertz CT molecular complexity index is 1390. The van der Waals surface area contributed by atoms with Gasteiger partial charge in [0.2, 0.25) is 0 Å². The molecule has 10 heteroatoms. The highest BCUT2D eigenvalue weighted by Crippen LogP contribution is 2.37. The van der Waals surface area contributed by atoms with Crippen LogP contribution in [0.4, 0.5) is 0 Å². The van der Waals surface area contributed by atoms with Crippen LogP contribution in [0.3, 0.4) is 0 Å². The summed E-state index contributed by atoms with van der Waals surface area (Å²) >= 11 is 6.10. The van der Waals surface area contributed by atoms with Crippen molar-refractivity contribution in [2.24, 2.45) is 0 Å². The topological polar surface area (TPSA) is 133 Å². The van der Waals surface area contributed by atoms with Crippen molar-refractivity contribution in [3.05, 3.63) is 102 Å². The first-order chi connectivity index (χ1) is 15.8. The Balaban J connectivity index is 1.80. The fourth-order valence-corrected chi connectivity index (χ4v) is 4.03. The van der Waals surface area contributed by atoms with Crippen LogP contribution in [0.25, 0.3) is 0 Å². The number of rotatable bonds is 6. The molecule has 0 fully saturated rings. The van der Waals surface area contributed by atoms with E-state index in [0.717, 1.165) is 0 Å². The summed E-state index contributed by atoms with van der Waals surface area (Å²) in [6.45, 7) is 3.49. The molecule has 0 saturated heterocycles. The third-order valence-electron chi connectivity index (χ3n) is 5.42. The van der Waals surface area contributed by atoms with Crippen molar-refractivity contribution in [2.75, 3.05) is 7.11 Å². The third kappa shape index (κ3) is 4.10. The van der Waals surface area contributed by atoms with E-state index in [1.165, 1.54) is 7.11 Å². The molecule has 4 N–H and O–H groups in total. The molecule has 0 atom stereocenters. The Kier molecular flexibility index (Phi) is 5.97. The van der Waals surface area contributed by atoms with Crippen LogP contribution < -0.4 is 20.6 Å². The summed E-state index contributed by atoms with van der Waals surface area (Å²) in [6.07, 6.45) is 0. The first-order valence-corrected chi connectivity index (χ1v) is 10.4. The minimum absolute atomic E-state index is 0.171. The maximum Gasteiger partial charge on any atom is 0.345 e. The number of nitrogens with one attached hydrogen (secondary N) is 4. The average molecular weight is 469 g/mol. The van der Waals surface area contributed by atoms with E-state index in [4.69, 9.17) is 21.1 Å². The van der Waals surface area contributed by atoms with Crippen molar-refractivity contribution >= 4 is 17.6 Å². The largest absolute Gasteiger partial charge is 0.493 e. The fraction of sp³-hybridized carbons (Fsp3) is 0.174. The van der Waals surface area contributed by atoms with Crippen molar-refractivity contribution in [1.29, 1.82) is 0 Å². The molecule has 0 spiro atoms. The van der Waals surface area contributed by atoms with Crippen molar-refractivity contribution in [3.63, 3.8) is 0 Å². The van der Waals surface area contributed by atoms with Crippen molar-refractivity contribution in [1.82, 2.24) is 20.4 Å². The molecule has 4 aromatic rings. The van der Waals surface area contributed by atoms with Gasteiger partial charge in [-0.1, -0.05) is 29.8 Å². The smallest absolute Gasteiger partial charge is 0.345 e. The number of H-pyrrole nitrogens is 4. The highest BCUT2D eigenvalue weighted by molar-refractivity contribution is 6.33. The van der Waals surface area contributed by atoms with Gasteiger partial charge in [-0.05, 0) is 43.7 Å². The van der Waals surface area contributed by atoms with E-state index in [0.29, 0.717) is 28.1 Å². The second-order valence-electron chi connectivity index (χ2n) is 7.45. The number of ether oxygens (including phenoxy) is 2. The number of aromatic nitrogens is 4. The van der Waals surface area contributed by atoms with E-state index >= 15 is 0 Å². The quantitative estimate of drug-likeness (QED) is 0.254. The van der Waals surface area contributed by atoms with Crippen molar-refractivity contribution in [3.8, 4) is 11.5 Å². The minimum Gasteiger partial charge on any atom is -0.493 e. The molecule has 0 amide bonds. The zero-order valence-electron chi connectivity index (χ0n) is 18.0. The zero-order chi connectivity index (χ0) is 23.7. The van der Waals surface area contributed by atoms with Crippen LogP contribution in [0.2, 0.25) is 5.02 Å². The molecule has 9 nitrogen and oxygen atoms in total. The van der Waals surface area contributed by atoms with E-state index in [-0.39, 0.29) is 33.2 Å². The van der Waals surface area contributed by atoms with E-state index in [1.54, 1.807) is 56.3 Å². The number of methoxy groups -OCH3 is 1. The van der Waals surface area contributed by atoms with Gasteiger partial charge >= 0.3 is 5.97 Å². The van der Waals surface area contributed by atoms with Gasteiger partial charge in [-0.2, -0.15) is 0 Å². The molecule has 0 saturated carbocycles. The lowest BCUT2D eigenvalue weighted by molar-refractivity contribution is 0.0730. The number of esters is 1. The van der Waals surface area contributed by atoms with Crippen LogP contribution in [0.15, 0.2) is 52.1 Å². The number of halogens is 1. The lowest BCUT2D eigenvalue weighted by Crippen LogP contribution is -2.20. The Hall–Kier alpha value is -3.98. The molecular weight excluding hydrogens is 448 g/mol. The summed E-state index contributed by atoms with van der Waals surface area (Å²) in [4.78, 5) is 37.8. The van der Waals surface area contributed by atoms with Crippen LogP contribution in [-0.2, 0) is 0 Å². The molecule has 33 heavy (non-hydrogen) atoms. The zero-order valence-corrected chi connectivity index (χ0v) is 18.8. The first kappa shape index (κ1) is 22.2. The number of hydrogen-bond acceptors (Lipinski definition) is 5. The second-order valence-corrected chi connectivity index (χ2v) is 7.86. The molecule has 0 bridgehead atoms. The molecule has 2 aromatic heterocycles. The van der Waals surface area contributed by atoms with Crippen LogP contribution in [0.5, 0.6) is 11.5 Å². The lowest BCUT2D eigenvalue weighted by Gasteiger charge is -2.18. The molecule has 2 aromatic carbocycles. The van der Waals surface area contributed by atoms with Gasteiger partial charge in [0.05, 0.1) is 28.8 Å². The maximum absolute atomic E-state index is 12.6. The maximum atomic E-state index is 12.6. The van der Waals surface area contributed by atoms with Gasteiger partial charge < -0.3 is 19.7 Å². The van der Waals surface area contributed by atoms with Gasteiger partial charge in [0.15, 0.2) is 11.5 Å². The Morgan fingerprint density at radius 1 is 0.879 bits per heavy atom. The molecule has 0 aliphatic heterocycles. The standard InChI is InChI=1S/C23H21ClN4O5/c1-11-18(21(29)27-25-11)20(19-12(2)26-28-22(19)30)13-8-9-16(17(10-13)32-3)33-23(31)14-6-4-5-7-15(14)24/h4-10,20H,1-3H3,(H2,25,27,29)(H2,26,28,30). The van der Waals surface area contributed by atoms with Crippen LogP contribution in [0.1, 0.15) is 44.4 Å². The van der Waals surface area contributed by atoms with Crippen molar-refractivity contribution < 1.29 is 14.3 Å². The number of hydrogen-bond donors (Lipinski definition) is 4. The van der Waals surface area contributed by atoms with Crippen LogP contribution in [0, 0.1) is 13.8 Å². The third-order valence-corrected chi connectivity index (χ3v) is 5.75. The number of carbonyl (C=O) groups is 1. The minimum atomic E-state index is -0.697. The highest BCUT2D eigenvalue weighted by Gasteiger charge is 2.29. The van der Waals surface area contributed by atoms with Gasteiger partial charge in [-0.25, -0.2) is 4.79 Å². The second kappa shape index (κ2) is 8.87. The molecule has 0 unspecified atom stereocenters. The number of carbonyl (C=O) groups excluding carboxylic acids is 1. The molecule has 0 aliphatic rings. The molecule has 0 radical (unpaired) electrons. The number of aryl methyl sites for hydroxylation is 2. The highest BCUT2D eigenvalue weighted by atomic mass is 35.5. The Morgan fingerprint density at radius 2 is 1.48 bits per heavy atom. The lowest BCUT2D eigenvalue weighted by atomic mass is 9.85. The summed E-state index contributed by atoms with van der Waals surface area (Å²) in [5.41, 5.74) is 2.11. The SMILES string of the molecule is COc1cc(C(c2c(C)[nH][nH]c2=O)c2c(C)[nH][nH]c2=O)ccc1OC(=O)c1ccccc1Cl.